The maximum absolute atomic E-state index is 14.7. The van der Waals surface area contributed by atoms with Gasteiger partial charge < -0.3 is 10.5 Å². The van der Waals surface area contributed by atoms with Gasteiger partial charge in [-0.15, -0.1) is 0 Å². The molecule has 1 saturated carbocycles. The summed E-state index contributed by atoms with van der Waals surface area (Å²) in [5.41, 5.74) is 10.9. The monoisotopic (exact) mass is 364 g/mol. The van der Waals surface area contributed by atoms with Gasteiger partial charge in [0.05, 0.1) is 11.7 Å². The zero-order valence-corrected chi connectivity index (χ0v) is 15.9. The van der Waals surface area contributed by atoms with Crippen molar-refractivity contribution in [2.45, 2.75) is 50.7 Å². The molecule has 1 atom stereocenters. The van der Waals surface area contributed by atoms with E-state index in [1.165, 1.54) is 22.8 Å². The highest BCUT2D eigenvalue weighted by atomic mass is 19.1. The van der Waals surface area contributed by atoms with Crippen LogP contribution in [0.5, 0.6) is 0 Å². The predicted octanol–water partition coefficient (Wildman–Crippen LogP) is 4.23. The fourth-order valence-corrected chi connectivity index (χ4v) is 5.87. The molecule has 3 nitrogen and oxygen atoms in total. The number of ether oxygens (including phenoxy) is 1. The van der Waals surface area contributed by atoms with Crippen LogP contribution in [0.15, 0.2) is 41.4 Å². The molecule has 2 spiro atoms. The molecule has 1 fully saturated rings. The Morgan fingerprint density at radius 3 is 2.67 bits per heavy atom. The van der Waals surface area contributed by atoms with E-state index in [0.29, 0.717) is 17.5 Å². The topological polar surface area (TPSA) is 47.6 Å². The van der Waals surface area contributed by atoms with Crippen LogP contribution < -0.4 is 5.73 Å². The Bertz CT molecular complexity index is 959. The number of aryl methyl sites for hydroxylation is 1. The van der Waals surface area contributed by atoms with Crippen LogP contribution in [-0.4, -0.2) is 19.0 Å². The number of hydrogen-bond acceptors (Lipinski definition) is 3. The maximum Gasteiger partial charge on any atom is 0.134 e. The lowest BCUT2D eigenvalue weighted by molar-refractivity contribution is 0.00681. The number of rotatable bonds is 1. The van der Waals surface area contributed by atoms with Gasteiger partial charge in [-0.05, 0) is 61.8 Å². The molecule has 2 aliphatic carbocycles. The Morgan fingerprint density at radius 1 is 1.15 bits per heavy atom. The third kappa shape index (κ3) is 2.08. The SMILES string of the molecule is COC1CCC2(CC1)Cc1ccc(C)cc1C21N=C(N)c2c(F)cccc21. The number of hydrogen-bond donors (Lipinski definition) is 1. The second kappa shape index (κ2) is 5.65. The van der Waals surface area contributed by atoms with Gasteiger partial charge in [0.25, 0.3) is 0 Å². The Kier molecular flexibility index (Phi) is 3.54. The second-order valence-electron chi connectivity index (χ2n) is 8.42. The quantitative estimate of drug-likeness (QED) is 0.823. The highest BCUT2D eigenvalue weighted by Crippen LogP contribution is 2.64. The van der Waals surface area contributed by atoms with Gasteiger partial charge in [0.15, 0.2) is 0 Å². The highest BCUT2D eigenvalue weighted by Gasteiger charge is 2.62. The van der Waals surface area contributed by atoms with Gasteiger partial charge in [0.2, 0.25) is 0 Å². The van der Waals surface area contributed by atoms with Crippen LogP contribution >= 0.6 is 0 Å². The third-order valence-electron chi connectivity index (χ3n) is 7.12. The molecule has 2 aromatic carbocycles. The van der Waals surface area contributed by atoms with Crippen molar-refractivity contribution in [2.75, 3.05) is 7.11 Å². The third-order valence-corrected chi connectivity index (χ3v) is 7.12. The minimum Gasteiger partial charge on any atom is -0.383 e. The highest BCUT2D eigenvalue weighted by molar-refractivity contribution is 6.03. The minimum absolute atomic E-state index is 0.0676. The van der Waals surface area contributed by atoms with Crippen LogP contribution in [0, 0.1) is 18.2 Å². The summed E-state index contributed by atoms with van der Waals surface area (Å²) in [6, 6.07) is 12.0. The molecular weight excluding hydrogens is 339 g/mol. The van der Waals surface area contributed by atoms with Crippen LogP contribution in [0.2, 0.25) is 0 Å². The number of benzene rings is 2. The Morgan fingerprint density at radius 2 is 1.93 bits per heavy atom. The summed E-state index contributed by atoms with van der Waals surface area (Å²) < 4.78 is 20.4. The Balaban J connectivity index is 1.78. The van der Waals surface area contributed by atoms with E-state index in [9.17, 15) is 4.39 Å². The molecule has 0 radical (unpaired) electrons. The predicted molar refractivity (Wildman–Crippen MR) is 104 cm³/mol. The van der Waals surface area contributed by atoms with E-state index in [1.54, 1.807) is 13.2 Å². The number of fused-ring (bicyclic) bond motifs is 5. The first-order valence-corrected chi connectivity index (χ1v) is 9.78. The van der Waals surface area contributed by atoms with Gasteiger partial charge >= 0.3 is 0 Å². The summed E-state index contributed by atoms with van der Waals surface area (Å²) in [4.78, 5) is 5.07. The zero-order valence-electron chi connectivity index (χ0n) is 15.9. The standard InChI is InChI=1S/C23H25FN2O/c1-14-6-7-15-13-22(10-8-16(27-2)9-11-22)23(18(15)12-14)17-4-3-5-19(24)20(17)21(25)26-23/h3-7,12,16H,8-11,13H2,1-2H3,(H2,25,26). The van der Waals surface area contributed by atoms with Crippen molar-refractivity contribution in [1.82, 2.24) is 0 Å². The molecule has 2 aromatic rings. The van der Waals surface area contributed by atoms with Crippen molar-refractivity contribution < 1.29 is 9.13 Å². The van der Waals surface area contributed by atoms with E-state index in [0.717, 1.165) is 37.7 Å². The van der Waals surface area contributed by atoms with Crippen molar-refractivity contribution in [3.05, 3.63) is 70.0 Å². The molecule has 1 unspecified atom stereocenters. The van der Waals surface area contributed by atoms with Gasteiger partial charge in [-0.25, -0.2) is 4.39 Å². The average Bonchev–Trinajstić information content (AvgIpc) is 3.11. The van der Waals surface area contributed by atoms with Crippen molar-refractivity contribution in [1.29, 1.82) is 0 Å². The molecular formula is C23H25FN2O. The molecule has 2 N–H and O–H groups in total. The van der Waals surface area contributed by atoms with Gasteiger partial charge in [-0.1, -0.05) is 35.9 Å². The summed E-state index contributed by atoms with van der Waals surface area (Å²) in [7, 11) is 1.79. The molecule has 27 heavy (non-hydrogen) atoms. The molecule has 3 aliphatic rings. The Labute approximate surface area is 159 Å². The first-order valence-electron chi connectivity index (χ1n) is 9.78. The van der Waals surface area contributed by atoms with E-state index < -0.39 is 5.54 Å². The summed E-state index contributed by atoms with van der Waals surface area (Å²) in [5, 5.41) is 0. The molecule has 4 heteroatoms. The first kappa shape index (κ1) is 16.9. The van der Waals surface area contributed by atoms with Crippen LogP contribution in [0.4, 0.5) is 4.39 Å². The lowest BCUT2D eigenvalue weighted by Crippen LogP contribution is -2.45. The first-order chi connectivity index (χ1) is 13.0. The molecule has 0 bridgehead atoms. The van der Waals surface area contributed by atoms with Crippen molar-refractivity contribution in [3.63, 3.8) is 0 Å². The molecule has 5 rings (SSSR count). The van der Waals surface area contributed by atoms with Crippen molar-refractivity contribution in [2.24, 2.45) is 16.1 Å². The average molecular weight is 364 g/mol. The van der Waals surface area contributed by atoms with E-state index in [-0.39, 0.29) is 11.2 Å². The van der Waals surface area contributed by atoms with Crippen LogP contribution in [0.1, 0.15) is 53.5 Å². The van der Waals surface area contributed by atoms with E-state index in [1.807, 2.05) is 6.07 Å². The zero-order chi connectivity index (χ0) is 18.8. The smallest absolute Gasteiger partial charge is 0.134 e. The van der Waals surface area contributed by atoms with Crippen LogP contribution in [0.3, 0.4) is 0 Å². The minimum atomic E-state index is -0.575. The van der Waals surface area contributed by atoms with Gasteiger partial charge in [0, 0.05) is 12.5 Å². The van der Waals surface area contributed by atoms with E-state index in [2.05, 4.69) is 25.1 Å². The second-order valence-corrected chi connectivity index (χ2v) is 8.42. The number of aliphatic imine (C=N–C) groups is 1. The molecule has 140 valence electrons. The van der Waals surface area contributed by atoms with Gasteiger partial charge in [0.1, 0.15) is 17.2 Å². The molecule has 0 amide bonds. The molecule has 1 heterocycles. The normalized spacial score (nSPS) is 31.2. The lowest BCUT2D eigenvalue weighted by Gasteiger charge is -2.47. The van der Waals surface area contributed by atoms with Crippen molar-refractivity contribution >= 4 is 5.84 Å². The number of nitrogens with two attached hydrogens (primary N) is 1. The number of nitrogens with zero attached hydrogens (tertiary/aromatic N) is 1. The summed E-state index contributed by atoms with van der Waals surface area (Å²) in [6.45, 7) is 2.11. The number of methoxy groups -OCH3 is 1. The molecule has 1 aliphatic heterocycles. The summed E-state index contributed by atoms with van der Waals surface area (Å²) >= 11 is 0. The fourth-order valence-electron chi connectivity index (χ4n) is 5.87. The molecule has 0 aromatic heterocycles. The summed E-state index contributed by atoms with van der Waals surface area (Å²) in [6.07, 6.45) is 5.29. The lowest BCUT2D eigenvalue weighted by atomic mass is 9.59. The van der Waals surface area contributed by atoms with Gasteiger partial charge in [-0.3, -0.25) is 4.99 Å². The van der Waals surface area contributed by atoms with Gasteiger partial charge in [-0.2, -0.15) is 0 Å². The number of amidine groups is 1. The van der Waals surface area contributed by atoms with E-state index >= 15 is 0 Å². The summed E-state index contributed by atoms with van der Waals surface area (Å²) in [5.74, 6) is 0.0677. The largest absolute Gasteiger partial charge is 0.383 e. The van der Waals surface area contributed by atoms with Crippen LogP contribution in [0.25, 0.3) is 0 Å². The van der Waals surface area contributed by atoms with Crippen LogP contribution in [-0.2, 0) is 16.7 Å². The van der Waals surface area contributed by atoms with E-state index in [4.69, 9.17) is 15.5 Å². The fraction of sp³-hybridized carbons (Fsp3) is 0.435. The maximum atomic E-state index is 14.7. The Hall–Kier alpha value is -2.20. The molecule has 0 saturated heterocycles. The number of halogens is 1. The van der Waals surface area contributed by atoms with Crippen molar-refractivity contribution in [3.8, 4) is 0 Å².